The number of methoxy groups -OCH3 is 1. The molecule has 0 aromatic carbocycles. The van der Waals surface area contributed by atoms with Gasteiger partial charge in [-0.1, -0.05) is 19.8 Å². The average Bonchev–Trinajstić information content (AvgIpc) is 2.74. The van der Waals surface area contributed by atoms with Gasteiger partial charge in [0, 0.05) is 32.8 Å². The van der Waals surface area contributed by atoms with Crippen LogP contribution < -0.4 is 10.2 Å². The summed E-state index contributed by atoms with van der Waals surface area (Å²) < 4.78 is 5.18. The van der Waals surface area contributed by atoms with Gasteiger partial charge in [0.05, 0.1) is 0 Å². The Labute approximate surface area is 121 Å². The molecule has 5 heteroatoms. The van der Waals surface area contributed by atoms with E-state index in [1.165, 1.54) is 25.7 Å². The van der Waals surface area contributed by atoms with Crippen molar-refractivity contribution in [1.82, 2.24) is 9.97 Å². The molecular formula is C15H26N4O. The molecule has 1 aliphatic rings. The molecule has 1 N–H and O–H groups in total. The van der Waals surface area contributed by atoms with Crippen molar-refractivity contribution in [2.75, 3.05) is 37.0 Å². The van der Waals surface area contributed by atoms with Gasteiger partial charge in [0.25, 0.3) is 0 Å². The number of aromatic nitrogens is 2. The van der Waals surface area contributed by atoms with E-state index in [4.69, 9.17) is 4.74 Å². The smallest absolute Gasteiger partial charge is 0.158 e. The highest BCUT2D eigenvalue weighted by atomic mass is 16.5. The Morgan fingerprint density at radius 2 is 1.95 bits per heavy atom. The van der Waals surface area contributed by atoms with Crippen molar-refractivity contribution in [3.05, 3.63) is 11.9 Å². The molecule has 0 spiro atoms. The maximum Gasteiger partial charge on any atom is 0.158 e. The van der Waals surface area contributed by atoms with Gasteiger partial charge in [-0.25, -0.2) is 9.97 Å². The van der Waals surface area contributed by atoms with E-state index >= 15 is 0 Å². The number of nitrogens with one attached hydrogen (secondary N) is 1. The second-order valence-electron chi connectivity index (χ2n) is 5.29. The van der Waals surface area contributed by atoms with E-state index in [0.717, 1.165) is 43.5 Å². The van der Waals surface area contributed by atoms with Crippen molar-refractivity contribution in [1.29, 1.82) is 0 Å². The van der Waals surface area contributed by atoms with Crippen LogP contribution in [0.3, 0.4) is 0 Å². The predicted molar refractivity (Wildman–Crippen MR) is 82.2 cm³/mol. The van der Waals surface area contributed by atoms with Crippen LogP contribution in [0.15, 0.2) is 6.07 Å². The fourth-order valence-corrected chi connectivity index (χ4v) is 2.48. The molecular weight excluding hydrogens is 252 g/mol. The monoisotopic (exact) mass is 278 g/mol. The molecule has 1 aliphatic heterocycles. The molecule has 20 heavy (non-hydrogen) atoms. The molecule has 0 bridgehead atoms. The summed E-state index contributed by atoms with van der Waals surface area (Å²) in [5.41, 5.74) is 0. The lowest BCUT2D eigenvalue weighted by Crippen LogP contribution is -2.25. The third-order valence-electron chi connectivity index (χ3n) is 3.52. The van der Waals surface area contributed by atoms with Crippen LogP contribution >= 0.6 is 0 Å². The number of hydrogen-bond donors (Lipinski definition) is 1. The van der Waals surface area contributed by atoms with Crippen molar-refractivity contribution in [2.45, 2.75) is 45.6 Å². The van der Waals surface area contributed by atoms with Gasteiger partial charge >= 0.3 is 0 Å². The minimum Gasteiger partial charge on any atom is -0.377 e. The number of hydrogen-bond acceptors (Lipinski definition) is 5. The van der Waals surface area contributed by atoms with E-state index < -0.39 is 0 Å². The number of anilines is 2. The molecule has 0 radical (unpaired) electrons. The van der Waals surface area contributed by atoms with Gasteiger partial charge in [-0.2, -0.15) is 0 Å². The third-order valence-corrected chi connectivity index (χ3v) is 3.52. The minimum absolute atomic E-state index is 0.461. The van der Waals surface area contributed by atoms with Gasteiger partial charge in [0.2, 0.25) is 0 Å². The summed E-state index contributed by atoms with van der Waals surface area (Å²) in [6, 6.07) is 2.07. The Morgan fingerprint density at radius 3 is 2.60 bits per heavy atom. The zero-order valence-electron chi connectivity index (χ0n) is 12.7. The molecule has 2 heterocycles. The molecule has 0 atom stereocenters. The first kappa shape index (κ1) is 15.0. The van der Waals surface area contributed by atoms with Crippen LogP contribution in [0.4, 0.5) is 11.6 Å². The quantitative estimate of drug-likeness (QED) is 0.867. The fraction of sp³-hybridized carbons (Fsp3) is 0.733. The van der Waals surface area contributed by atoms with Crippen molar-refractivity contribution >= 4 is 11.6 Å². The van der Waals surface area contributed by atoms with Crippen LogP contribution in [0, 0.1) is 0 Å². The zero-order valence-corrected chi connectivity index (χ0v) is 12.7. The first-order chi connectivity index (χ1) is 9.83. The summed E-state index contributed by atoms with van der Waals surface area (Å²) in [7, 11) is 1.68. The summed E-state index contributed by atoms with van der Waals surface area (Å²) in [6.45, 7) is 5.73. The van der Waals surface area contributed by atoms with Gasteiger partial charge in [-0.3, -0.25) is 0 Å². The highest BCUT2D eigenvalue weighted by molar-refractivity contribution is 5.49. The maximum atomic E-state index is 5.18. The fourth-order valence-electron chi connectivity index (χ4n) is 2.48. The second-order valence-corrected chi connectivity index (χ2v) is 5.29. The topological polar surface area (TPSA) is 50.3 Å². The zero-order chi connectivity index (χ0) is 14.2. The second kappa shape index (κ2) is 8.04. The maximum absolute atomic E-state index is 5.18. The first-order valence-corrected chi connectivity index (χ1v) is 7.69. The average molecular weight is 278 g/mol. The van der Waals surface area contributed by atoms with E-state index in [0.29, 0.717) is 6.61 Å². The molecule has 0 saturated carbocycles. The number of nitrogens with zero attached hydrogens (tertiary/aromatic N) is 3. The lowest BCUT2D eigenvalue weighted by Gasteiger charge is -2.22. The van der Waals surface area contributed by atoms with Crippen molar-refractivity contribution in [2.24, 2.45) is 0 Å². The number of ether oxygens (including phenoxy) is 1. The van der Waals surface area contributed by atoms with Gasteiger partial charge in [0.15, 0.2) is 5.82 Å². The molecule has 2 rings (SSSR count). The molecule has 1 aromatic heterocycles. The largest absolute Gasteiger partial charge is 0.377 e. The molecule has 1 aromatic rings. The molecule has 1 fully saturated rings. The molecule has 0 amide bonds. The lowest BCUT2D eigenvalue weighted by molar-refractivity contribution is 0.178. The predicted octanol–water partition coefficient (Wildman–Crippen LogP) is 2.83. The summed E-state index contributed by atoms with van der Waals surface area (Å²) in [5, 5.41) is 3.35. The Kier molecular flexibility index (Phi) is 6.05. The van der Waals surface area contributed by atoms with Crippen LogP contribution in [-0.4, -0.2) is 36.7 Å². The van der Waals surface area contributed by atoms with Crippen LogP contribution in [0.2, 0.25) is 0 Å². The summed E-state index contributed by atoms with van der Waals surface area (Å²) in [4.78, 5) is 11.5. The Morgan fingerprint density at radius 1 is 1.20 bits per heavy atom. The number of rotatable bonds is 6. The molecule has 0 aliphatic carbocycles. The van der Waals surface area contributed by atoms with Crippen molar-refractivity contribution in [3.63, 3.8) is 0 Å². The Balaban J connectivity index is 2.17. The van der Waals surface area contributed by atoms with Gasteiger partial charge < -0.3 is 15.0 Å². The van der Waals surface area contributed by atoms with Gasteiger partial charge in [-0.05, 0) is 19.3 Å². The van der Waals surface area contributed by atoms with E-state index in [1.54, 1.807) is 7.11 Å². The molecule has 112 valence electrons. The first-order valence-electron chi connectivity index (χ1n) is 7.69. The standard InChI is InChI=1S/C15H26N4O/c1-3-8-16-13-11-15(18-14(17-13)12-20-2)19-9-6-4-5-7-10-19/h11H,3-10,12H2,1-2H3,(H,16,17,18). The van der Waals surface area contributed by atoms with E-state index in [2.05, 4.69) is 33.2 Å². The van der Waals surface area contributed by atoms with Crippen molar-refractivity contribution in [3.8, 4) is 0 Å². The van der Waals surface area contributed by atoms with E-state index in [9.17, 15) is 0 Å². The Bertz CT molecular complexity index is 403. The van der Waals surface area contributed by atoms with Crippen LogP contribution in [-0.2, 0) is 11.3 Å². The van der Waals surface area contributed by atoms with Crippen molar-refractivity contribution < 1.29 is 4.74 Å². The minimum atomic E-state index is 0.461. The van der Waals surface area contributed by atoms with Crippen LogP contribution in [0.5, 0.6) is 0 Å². The SMILES string of the molecule is CCCNc1cc(N2CCCCCC2)nc(COC)n1. The van der Waals surface area contributed by atoms with Crippen LogP contribution in [0.25, 0.3) is 0 Å². The van der Waals surface area contributed by atoms with Crippen LogP contribution in [0.1, 0.15) is 44.9 Å². The molecule has 1 saturated heterocycles. The Hall–Kier alpha value is -1.36. The van der Waals surface area contributed by atoms with E-state index in [1.807, 2.05) is 0 Å². The van der Waals surface area contributed by atoms with E-state index in [-0.39, 0.29) is 0 Å². The summed E-state index contributed by atoms with van der Waals surface area (Å²) in [6.07, 6.45) is 6.24. The van der Waals surface area contributed by atoms with Gasteiger partial charge in [-0.15, -0.1) is 0 Å². The highest BCUT2D eigenvalue weighted by Crippen LogP contribution is 2.20. The third kappa shape index (κ3) is 4.34. The normalized spacial score (nSPS) is 16.0. The summed E-state index contributed by atoms with van der Waals surface area (Å²) >= 11 is 0. The summed E-state index contributed by atoms with van der Waals surface area (Å²) in [5.74, 6) is 2.70. The molecule has 0 unspecified atom stereocenters. The van der Waals surface area contributed by atoms with Gasteiger partial charge in [0.1, 0.15) is 18.2 Å². The molecule has 5 nitrogen and oxygen atoms in total. The lowest BCUT2D eigenvalue weighted by atomic mass is 10.2. The highest BCUT2D eigenvalue weighted by Gasteiger charge is 2.13.